The van der Waals surface area contributed by atoms with Gasteiger partial charge in [0.1, 0.15) is 0 Å². The standard InChI is InChI=1S/C11H2F22O/c12-1(13)2(14,15)3(16,17)4(18,19)5(20,21)6(22,23)7(24,25)8(26,27)9(28,29)10(30,31)11(32,33)34/h1,34H. The highest BCUT2D eigenvalue weighted by molar-refractivity contribution is 5.18. The summed E-state index contributed by atoms with van der Waals surface area (Å²) in [4.78, 5) is 0. The van der Waals surface area contributed by atoms with E-state index in [4.69, 9.17) is 5.11 Å². The Labute approximate surface area is 169 Å². The lowest BCUT2D eigenvalue weighted by Crippen LogP contribution is -2.77. The Hall–Kier alpha value is -1.58. The number of aliphatic hydroxyl groups is 1. The van der Waals surface area contributed by atoms with Gasteiger partial charge in [-0.15, -0.1) is 0 Å². The lowest BCUT2D eigenvalue weighted by Gasteiger charge is -2.44. The summed E-state index contributed by atoms with van der Waals surface area (Å²) in [5.74, 6) is -79.4. The van der Waals surface area contributed by atoms with Gasteiger partial charge in [-0.1, -0.05) is 0 Å². The van der Waals surface area contributed by atoms with Crippen LogP contribution in [0.25, 0.3) is 0 Å². The highest BCUT2D eigenvalue weighted by atomic mass is 19.4. The Morgan fingerprint density at radius 2 is 0.500 bits per heavy atom. The third-order valence-corrected chi connectivity index (χ3v) is 3.83. The first kappa shape index (κ1) is 32.4. The molecule has 0 fully saturated rings. The van der Waals surface area contributed by atoms with Crippen LogP contribution in [0.4, 0.5) is 96.6 Å². The molecule has 0 heterocycles. The molecule has 0 aliphatic heterocycles. The van der Waals surface area contributed by atoms with Crippen LogP contribution in [-0.4, -0.2) is 70.9 Å². The molecular weight excluding hydrogens is 566 g/mol. The van der Waals surface area contributed by atoms with Crippen LogP contribution in [0.3, 0.4) is 0 Å². The van der Waals surface area contributed by atoms with Crippen LogP contribution in [0, 0.1) is 0 Å². The molecule has 206 valence electrons. The van der Waals surface area contributed by atoms with Gasteiger partial charge in [-0.3, -0.25) is 0 Å². The first-order valence-electron chi connectivity index (χ1n) is 6.98. The zero-order valence-electron chi connectivity index (χ0n) is 14.3. The van der Waals surface area contributed by atoms with Gasteiger partial charge < -0.3 is 5.11 Å². The van der Waals surface area contributed by atoms with Gasteiger partial charge >= 0.3 is 65.8 Å². The Balaban J connectivity index is 7.08. The molecule has 0 radical (unpaired) electrons. The monoisotopic (exact) mass is 568 g/mol. The maximum atomic E-state index is 13.3. The van der Waals surface area contributed by atoms with Crippen molar-refractivity contribution in [2.24, 2.45) is 0 Å². The molecule has 0 bridgehead atoms. The molecule has 34 heavy (non-hydrogen) atoms. The summed E-state index contributed by atoms with van der Waals surface area (Å²) in [6, 6.07) is 0. The van der Waals surface area contributed by atoms with Crippen LogP contribution in [-0.2, 0) is 0 Å². The molecule has 0 rings (SSSR count). The smallest absolute Gasteiger partial charge is 0.331 e. The number of hydrogen-bond acceptors (Lipinski definition) is 1. The molecule has 1 nitrogen and oxygen atoms in total. The third-order valence-electron chi connectivity index (χ3n) is 3.83. The second-order valence-electron chi connectivity index (χ2n) is 6.06. The van der Waals surface area contributed by atoms with Crippen molar-refractivity contribution in [3.05, 3.63) is 0 Å². The second-order valence-corrected chi connectivity index (χ2v) is 6.06. The van der Waals surface area contributed by atoms with Gasteiger partial charge in [0.2, 0.25) is 0 Å². The molecule has 0 amide bonds. The highest BCUT2D eigenvalue weighted by Crippen LogP contribution is 2.66. The van der Waals surface area contributed by atoms with E-state index in [2.05, 4.69) is 0 Å². The summed E-state index contributed by atoms with van der Waals surface area (Å²) >= 11 is 0. The summed E-state index contributed by atoms with van der Waals surface area (Å²) < 4.78 is 282. The average Bonchev–Trinajstić information content (AvgIpc) is 2.58. The average molecular weight is 568 g/mol. The lowest BCUT2D eigenvalue weighted by molar-refractivity contribution is -0.480. The summed E-state index contributed by atoms with van der Waals surface area (Å²) in [6.07, 6.45) is -13.8. The van der Waals surface area contributed by atoms with Gasteiger partial charge in [0, 0.05) is 0 Å². The molecule has 0 aliphatic carbocycles. The number of halogens is 22. The topological polar surface area (TPSA) is 20.2 Å². The number of alkyl halides is 22. The van der Waals surface area contributed by atoms with Crippen molar-refractivity contribution in [1.82, 2.24) is 0 Å². The summed E-state index contributed by atoms with van der Waals surface area (Å²) in [7, 11) is 0. The molecule has 23 heteroatoms. The van der Waals surface area contributed by atoms with Gasteiger partial charge in [-0.2, -0.15) is 87.8 Å². The highest BCUT2D eigenvalue weighted by Gasteiger charge is 2.98. The zero-order valence-corrected chi connectivity index (χ0v) is 14.3. The van der Waals surface area contributed by atoms with E-state index in [0.717, 1.165) is 0 Å². The van der Waals surface area contributed by atoms with Crippen molar-refractivity contribution in [3.63, 3.8) is 0 Å². The van der Waals surface area contributed by atoms with Crippen LogP contribution in [0.1, 0.15) is 0 Å². The van der Waals surface area contributed by atoms with Crippen molar-refractivity contribution >= 4 is 0 Å². The lowest BCUT2D eigenvalue weighted by atomic mass is 9.86. The Morgan fingerprint density at radius 3 is 0.676 bits per heavy atom. The van der Waals surface area contributed by atoms with Crippen molar-refractivity contribution in [2.45, 2.75) is 65.8 Å². The molecule has 0 aromatic heterocycles. The fourth-order valence-corrected chi connectivity index (χ4v) is 1.72. The first-order valence-corrected chi connectivity index (χ1v) is 6.98. The molecule has 1 N–H and O–H groups in total. The fraction of sp³-hybridized carbons (Fsp3) is 1.00. The molecule has 0 aromatic rings. The van der Waals surface area contributed by atoms with E-state index in [0.29, 0.717) is 0 Å². The molecular formula is C11H2F22O. The van der Waals surface area contributed by atoms with Crippen LogP contribution >= 0.6 is 0 Å². The second kappa shape index (κ2) is 7.71. The molecule has 0 spiro atoms. The van der Waals surface area contributed by atoms with Crippen molar-refractivity contribution in [3.8, 4) is 0 Å². The Kier molecular flexibility index (Phi) is 7.35. The Morgan fingerprint density at radius 1 is 0.324 bits per heavy atom. The van der Waals surface area contributed by atoms with Crippen LogP contribution in [0.5, 0.6) is 0 Å². The summed E-state index contributed by atoms with van der Waals surface area (Å²) in [5.41, 5.74) is 0. The van der Waals surface area contributed by atoms with Gasteiger partial charge in [0.25, 0.3) is 0 Å². The molecule has 0 saturated heterocycles. The van der Waals surface area contributed by atoms with E-state index in [9.17, 15) is 96.6 Å². The molecule has 0 atom stereocenters. The van der Waals surface area contributed by atoms with E-state index in [1.165, 1.54) is 0 Å². The largest absolute Gasteiger partial charge is 0.423 e. The quantitative estimate of drug-likeness (QED) is 0.297. The van der Waals surface area contributed by atoms with E-state index in [-0.39, 0.29) is 0 Å². The number of rotatable bonds is 10. The van der Waals surface area contributed by atoms with E-state index in [1.54, 1.807) is 0 Å². The van der Waals surface area contributed by atoms with Crippen molar-refractivity contribution in [2.75, 3.05) is 0 Å². The van der Waals surface area contributed by atoms with Crippen molar-refractivity contribution < 1.29 is 102 Å². The van der Waals surface area contributed by atoms with Crippen molar-refractivity contribution in [1.29, 1.82) is 0 Å². The minimum Gasteiger partial charge on any atom is -0.331 e. The van der Waals surface area contributed by atoms with Gasteiger partial charge in [-0.05, 0) is 0 Å². The van der Waals surface area contributed by atoms with Gasteiger partial charge in [0.15, 0.2) is 0 Å². The van der Waals surface area contributed by atoms with E-state index in [1.807, 2.05) is 0 Å². The van der Waals surface area contributed by atoms with Crippen LogP contribution in [0.2, 0.25) is 0 Å². The Bertz CT molecular complexity index is 742. The predicted molar refractivity (Wildman–Crippen MR) is 57.7 cm³/mol. The molecule has 0 unspecified atom stereocenters. The predicted octanol–water partition coefficient (Wildman–Crippen LogP) is 6.55. The van der Waals surface area contributed by atoms with Gasteiger partial charge in [-0.25, -0.2) is 8.78 Å². The van der Waals surface area contributed by atoms with Gasteiger partial charge in [0.05, 0.1) is 0 Å². The first-order chi connectivity index (χ1) is 14.2. The van der Waals surface area contributed by atoms with E-state index >= 15 is 0 Å². The number of hydrogen-bond donors (Lipinski definition) is 1. The van der Waals surface area contributed by atoms with E-state index < -0.39 is 65.8 Å². The van der Waals surface area contributed by atoms with Crippen LogP contribution < -0.4 is 0 Å². The normalized spacial score (nSPS) is 16.9. The fourth-order valence-electron chi connectivity index (χ4n) is 1.72. The summed E-state index contributed by atoms with van der Waals surface area (Å²) in [5, 5.41) is 7.40. The van der Waals surface area contributed by atoms with Crippen LogP contribution in [0.15, 0.2) is 0 Å². The SMILES string of the molecule is OC(F)(F)C(F)(F)C(F)(F)C(F)(F)C(F)(F)C(F)(F)C(F)(F)C(F)(F)C(F)(F)C(F)(F)C(F)F. The third kappa shape index (κ3) is 3.61. The molecule has 0 saturated carbocycles. The summed E-state index contributed by atoms with van der Waals surface area (Å²) in [6.45, 7) is 0. The molecule has 0 aliphatic rings. The maximum absolute atomic E-state index is 13.3. The maximum Gasteiger partial charge on any atom is 0.423 e. The molecule has 0 aromatic carbocycles. The zero-order chi connectivity index (χ0) is 28.6. The minimum absolute atomic E-state index is 6.19. The minimum atomic E-state index is -9.29.